The molecule has 0 saturated carbocycles. The minimum Gasteiger partial charge on any atom is -0.504 e. The Bertz CT molecular complexity index is 1450. The van der Waals surface area contributed by atoms with E-state index < -0.39 is 0 Å². The molecular formula is C27H25FN4O3. The number of rotatable bonds is 6. The molecule has 3 heterocycles. The van der Waals surface area contributed by atoms with Crippen molar-refractivity contribution in [2.75, 3.05) is 6.54 Å². The Morgan fingerprint density at radius 1 is 1.03 bits per heavy atom. The van der Waals surface area contributed by atoms with Crippen LogP contribution in [0.4, 0.5) is 4.39 Å². The summed E-state index contributed by atoms with van der Waals surface area (Å²) in [6.07, 6.45) is 2.52. The Balaban J connectivity index is 1.50. The summed E-state index contributed by atoms with van der Waals surface area (Å²) in [5.74, 6) is -0.872. The van der Waals surface area contributed by atoms with E-state index in [1.165, 1.54) is 17.7 Å². The standard InChI is InChI=1S/C27H25FN4O3/c1-2-18-5-7-20(8-6-18)17-35-30-26-22-4-3-13-29-23(22)25(33)24-27(34)31(14-15-32(24)26)16-19-9-11-21(28)12-10-19/h3-13,33H,2,14-17H2,1H3/b30-26+. The van der Waals surface area contributed by atoms with Gasteiger partial charge in [0.2, 0.25) is 0 Å². The van der Waals surface area contributed by atoms with Gasteiger partial charge in [-0.05, 0) is 47.4 Å². The minimum absolute atomic E-state index is 0.110. The summed E-state index contributed by atoms with van der Waals surface area (Å²) in [6.45, 7) is 3.49. The number of pyridine rings is 2. The third kappa shape index (κ3) is 4.47. The van der Waals surface area contributed by atoms with Gasteiger partial charge in [0, 0.05) is 25.8 Å². The number of amides is 1. The zero-order chi connectivity index (χ0) is 24.4. The molecule has 2 aromatic carbocycles. The van der Waals surface area contributed by atoms with Crippen molar-refractivity contribution in [2.24, 2.45) is 5.16 Å². The van der Waals surface area contributed by atoms with Crippen LogP contribution in [0, 0.1) is 5.82 Å². The molecule has 0 fully saturated rings. The van der Waals surface area contributed by atoms with Gasteiger partial charge in [0.25, 0.3) is 5.91 Å². The summed E-state index contributed by atoms with van der Waals surface area (Å²) in [4.78, 5) is 25.0. The molecule has 4 aromatic rings. The number of aryl methyl sites for hydroxylation is 1. The zero-order valence-corrected chi connectivity index (χ0v) is 19.3. The smallest absolute Gasteiger partial charge is 0.274 e. The molecule has 0 bridgehead atoms. The highest BCUT2D eigenvalue weighted by molar-refractivity contribution is 6.01. The summed E-state index contributed by atoms with van der Waals surface area (Å²) < 4.78 is 15.0. The van der Waals surface area contributed by atoms with E-state index >= 15 is 0 Å². The number of hydrogen-bond acceptors (Lipinski definition) is 5. The van der Waals surface area contributed by atoms with Crippen LogP contribution in [0.3, 0.4) is 0 Å². The fraction of sp³-hybridized carbons (Fsp3) is 0.222. The van der Waals surface area contributed by atoms with Gasteiger partial charge in [0.15, 0.2) is 16.9 Å². The largest absolute Gasteiger partial charge is 0.504 e. The maximum atomic E-state index is 13.4. The fourth-order valence-electron chi connectivity index (χ4n) is 4.27. The lowest BCUT2D eigenvalue weighted by atomic mass is 10.1. The normalized spacial score (nSPS) is 13.8. The molecule has 1 aliphatic rings. The monoisotopic (exact) mass is 472 g/mol. The van der Waals surface area contributed by atoms with E-state index in [2.05, 4.69) is 29.2 Å². The van der Waals surface area contributed by atoms with Crippen LogP contribution >= 0.6 is 0 Å². The Hall–Kier alpha value is -4.20. The number of nitrogens with zero attached hydrogens (tertiary/aromatic N) is 4. The van der Waals surface area contributed by atoms with Crippen molar-refractivity contribution in [2.45, 2.75) is 33.0 Å². The minimum atomic E-state index is -0.350. The number of benzene rings is 2. The van der Waals surface area contributed by atoms with Gasteiger partial charge in [-0.3, -0.25) is 9.78 Å². The summed E-state index contributed by atoms with van der Waals surface area (Å²) in [5.41, 5.74) is 3.85. The van der Waals surface area contributed by atoms with Gasteiger partial charge < -0.3 is 19.4 Å². The number of hydrogen-bond donors (Lipinski definition) is 1. The third-order valence-corrected chi connectivity index (χ3v) is 6.21. The zero-order valence-electron chi connectivity index (χ0n) is 19.3. The molecule has 0 spiro atoms. The molecule has 7 nitrogen and oxygen atoms in total. The van der Waals surface area contributed by atoms with Gasteiger partial charge in [-0.25, -0.2) is 4.39 Å². The van der Waals surface area contributed by atoms with Crippen LogP contribution in [0.15, 0.2) is 72.0 Å². The molecule has 178 valence electrons. The van der Waals surface area contributed by atoms with Crippen LogP contribution in [-0.4, -0.2) is 32.0 Å². The second-order valence-electron chi connectivity index (χ2n) is 8.46. The first kappa shape index (κ1) is 22.6. The lowest BCUT2D eigenvalue weighted by Crippen LogP contribution is -2.44. The Kier molecular flexibility index (Phi) is 6.18. The molecule has 35 heavy (non-hydrogen) atoms. The van der Waals surface area contributed by atoms with Crippen LogP contribution in [0.1, 0.15) is 34.1 Å². The number of carbonyl (C=O) groups excluding carboxylic acids is 1. The quantitative estimate of drug-likeness (QED) is 0.428. The van der Waals surface area contributed by atoms with E-state index in [4.69, 9.17) is 4.84 Å². The van der Waals surface area contributed by atoms with Gasteiger partial charge >= 0.3 is 0 Å². The van der Waals surface area contributed by atoms with Crippen molar-refractivity contribution in [3.8, 4) is 5.75 Å². The maximum Gasteiger partial charge on any atom is 0.274 e. The van der Waals surface area contributed by atoms with Crippen molar-refractivity contribution in [3.05, 3.63) is 101 Å². The Labute approximate surface area is 201 Å². The van der Waals surface area contributed by atoms with Gasteiger partial charge in [-0.1, -0.05) is 48.5 Å². The van der Waals surface area contributed by atoms with Crippen LogP contribution in [0.5, 0.6) is 5.75 Å². The number of carbonyl (C=O) groups is 1. The second kappa shape index (κ2) is 9.58. The molecule has 5 rings (SSSR count). The first-order valence-corrected chi connectivity index (χ1v) is 11.5. The van der Waals surface area contributed by atoms with E-state index in [-0.39, 0.29) is 35.3 Å². The van der Waals surface area contributed by atoms with Gasteiger partial charge in [0.05, 0.1) is 5.39 Å². The number of aromatic hydroxyl groups is 1. The third-order valence-electron chi connectivity index (χ3n) is 6.21. The average molecular weight is 473 g/mol. The molecule has 1 N–H and O–H groups in total. The Morgan fingerprint density at radius 2 is 1.74 bits per heavy atom. The van der Waals surface area contributed by atoms with Gasteiger partial charge in [-0.2, -0.15) is 0 Å². The molecule has 8 heteroatoms. The highest BCUT2D eigenvalue weighted by Gasteiger charge is 2.30. The SMILES string of the molecule is CCc1ccc(CO/N=c2\c3cccnc3c(O)c3n2CCN(Cc2ccc(F)cc2)C3=O)cc1. The molecule has 0 radical (unpaired) electrons. The molecule has 1 amide bonds. The van der Waals surface area contributed by atoms with Crippen molar-refractivity contribution < 1.29 is 19.1 Å². The Morgan fingerprint density at radius 3 is 2.49 bits per heavy atom. The summed E-state index contributed by atoms with van der Waals surface area (Å²) in [6, 6.07) is 17.7. The average Bonchev–Trinajstić information content (AvgIpc) is 2.89. The van der Waals surface area contributed by atoms with E-state index in [0.717, 1.165) is 17.5 Å². The van der Waals surface area contributed by atoms with E-state index in [0.29, 0.717) is 30.5 Å². The van der Waals surface area contributed by atoms with Crippen molar-refractivity contribution in [1.29, 1.82) is 0 Å². The summed E-state index contributed by atoms with van der Waals surface area (Å²) in [5, 5.41) is 16.0. The van der Waals surface area contributed by atoms with Gasteiger partial charge in [0.1, 0.15) is 17.9 Å². The molecule has 1 aliphatic heterocycles. The highest BCUT2D eigenvalue weighted by atomic mass is 19.1. The van der Waals surface area contributed by atoms with Crippen LogP contribution < -0.4 is 5.49 Å². The van der Waals surface area contributed by atoms with Crippen LogP contribution in [0.25, 0.3) is 10.9 Å². The number of halogens is 1. The second-order valence-corrected chi connectivity index (χ2v) is 8.46. The predicted molar refractivity (Wildman–Crippen MR) is 129 cm³/mol. The molecule has 0 atom stereocenters. The molecule has 0 aliphatic carbocycles. The molecule has 2 aromatic heterocycles. The fourth-order valence-corrected chi connectivity index (χ4v) is 4.27. The topological polar surface area (TPSA) is 80.0 Å². The summed E-state index contributed by atoms with van der Waals surface area (Å²) >= 11 is 0. The van der Waals surface area contributed by atoms with Crippen LogP contribution in [-0.2, 0) is 31.0 Å². The van der Waals surface area contributed by atoms with E-state index in [1.807, 2.05) is 12.1 Å². The van der Waals surface area contributed by atoms with Crippen molar-refractivity contribution in [3.63, 3.8) is 0 Å². The number of fused-ring (bicyclic) bond motifs is 2. The van der Waals surface area contributed by atoms with Crippen molar-refractivity contribution >= 4 is 16.8 Å². The molecule has 0 unspecified atom stereocenters. The maximum absolute atomic E-state index is 13.4. The number of aromatic nitrogens is 2. The summed E-state index contributed by atoms with van der Waals surface area (Å²) in [7, 11) is 0. The first-order chi connectivity index (χ1) is 17.0. The molecular weight excluding hydrogens is 447 g/mol. The van der Waals surface area contributed by atoms with Gasteiger partial charge in [-0.15, -0.1) is 0 Å². The highest BCUT2D eigenvalue weighted by Crippen LogP contribution is 2.28. The molecule has 0 saturated heterocycles. The van der Waals surface area contributed by atoms with E-state index in [1.54, 1.807) is 39.9 Å². The van der Waals surface area contributed by atoms with Crippen molar-refractivity contribution in [1.82, 2.24) is 14.5 Å². The predicted octanol–water partition coefficient (Wildman–Crippen LogP) is 4.13. The first-order valence-electron chi connectivity index (χ1n) is 11.5. The van der Waals surface area contributed by atoms with E-state index in [9.17, 15) is 14.3 Å². The lowest BCUT2D eigenvalue weighted by Gasteiger charge is -2.31. The lowest BCUT2D eigenvalue weighted by molar-refractivity contribution is 0.0675. The van der Waals surface area contributed by atoms with Crippen LogP contribution in [0.2, 0.25) is 0 Å².